The van der Waals surface area contributed by atoms with Crippen molar-refractivity contribution in [1.82, 2.24) is 10.3 Å². The standard InChI is InChI=1S/C14H15FN2OS/c1-2-13(18)16-8-7-12-9-19-14(17-12)10-3-5-11(15)6-4-10/h3-6,9H,2,7-8H2,1H3,(H,16,18). The average Bonchev–Trinajstić information content (AvgIpc) is 2.88. The Balaban J connectivity index is 1.95. The molecule has 1 aromatic carbocycles. The molecule has 0 unspecified atom stereocenters. The van der Waals surface area contributed by atoms with Crippen LogP contribution >= 0.6 is 11.3 Å². The maximum Gasteiger partial charge on any atom is 0.219 e. The molecule has 19 heavy (non-hydrogen) atoms. The average molecular weight is 278 g/mol. The molecule has 1 N–H and O–H groups in total. The van der Waals surface area contributed by atoms with Gasteiger partial charge in [-0.2, -0.15) is 0 Å². The smallest absolute Gasteiger partial charge is 0.219 e. The molecule has 0 aliphatic rings. The highest BCUT2D eigenvalue weighted by molar-refractivity contribution is 7.13. The Kier molecular flexibility index (Phi) is 4.63. The van der Waals surface area contributed by atoms with Gasteiger partial charge in [0.05, 0.1) is 5.69 Å². The van der Waals surface area contributed by atoms with Gasteiger partial charge in [0, 0.05) is 30.3 Å². The van der Waals surface area contributed by atoms with Crippen LogP contribution in [0.2, 0.25) is 0 Å². The Bertz CT molecular complexity index is 551. The molecule has 0 spiro atoms. The third-order valence-corrected chi connectivity index (χ3v) is 3.61. The zero-order valence-electron chi connectivity index (χ0n) is 10.6. The second kappa shape index (κ2) is 6.43. The Morgan fingerprint density at radius 3 is 2.79 bits per heavy atom. The van der Waals surface area contributed by atoms with Crippen LogP contribution in [0.1, 0.15) is 19.0 Å². The van der Waals surface area contributed by atoms with E-state index in [0.717, 1.165) is 16.3 Å². The van der Waals surface area contributed by atoms with Crippen molar-refractivity contribution in [1.29, 1.82) is 0 Å². The minimum Gasteiger partial charge on any atom is -0.356 e. The first kappa shape index (κ1) is 13.7. The predicted octanol–water partition coefficient (Wildman–Crippen LogP) is 3.02. The number of hydrogen-bond acceptors (Lipinski definition) is 3. The molecule has 3 nitrogen and oxygen atoms in total. The monoisotopic (exact) mass is 278 g/mol. The normalized spacial score (nSPS) is 10.4. The number of hydrogen-bond donors (Lipinski definition) is 1. The predicted molar refractivity (Wildman–Crippen MR) is 74.5 cm³/mol. The summed E-state index contributed by atoms with van der Waals surface area (Å²) in [6.45, 7) is 2.42. The fourth-order valence-electron chi connectivity index (χ4n) is 1.60. The highest BCUT2D eigenvalue weighted by atomic mass is 32.1. The first-order valence-electron chi connectivity index (χ1n) is 6.16. The number of thiazole rings is 1. The summed E-state index contributed by atoms with van der Waals surface area (Å²) >= 11 is 1.53. The summed E-state index contributed by atoms with van der Waals surface area (Å²) in [4.78, 5) is 15.6. The van der Waals surface area contributed by atoms with E-state index >= 15 is 0 Å². The largest absolute Gasteiger partial charge is 0.356 e. The molecule has 2 rings (SSSR count). The maximum absolute atomic E-state index is 12.8. The lowest BCUT2D eigenvalue weighted by atomic mass is 10.2. The number of carbonyl (C=O) groups excluding carboxylic acids is 1. The third kappa shape index (κ3) is 3.86. The van der Waals surface area contributed by atoms with Crippen molar-refractivity contribution in [2.45, 2.75) is 19.8 Å². The molecule has 1 amide bonds. The van der Waals surface area contributed by atoms with E-state index in [-0.39, 0.29) is 11.7 Å². The Morgan fingerprint density at radius 1 is 1.37 bits per heavy atom. The van der Waals surface area contributed by atoms with Crippen LogP contribution in [0.25, 0.3) is 10.6 Å². The van der Waals surface area contributed by atoms with Gasteiger partial charge in [-0.05, 0) is 24.3 Å². The summed E-state index contributed by atoms with van der Waals surface area (Å²) in [7, 11) is 0. The van der Waals surface area contributed by atoms with Gasteiger partial charge >= 0.3 is 0 Å². The van der Waals surface area contributed by atoms with E-state index < -0.39 is 0 Å². The van der Waals surface area contributed by atoms with Gasteiger partial charge in [-0.1, -0.05) is 6.92 Å². The highest BCUT2D eigenvalue weighted by Gasteiger charge is 2.05. The van der Waals surface area contributed by atoms with Crippen LogP contribution in [0.15, 0.2) is 29.6 Å². The first-order chi connectivity index (χ1) is 9.19. The van der Waals surface area contributed by atoms with Gasteiger partial charge in [0.2, 0.25) is 5.91 Å². The fraction of sp³-hybridized carbons (Fsp3) is 0.286. The van der Waals surface area contributed by atoms with Crippen molar-refractivity contribution in [3.05, 3.63) is 41.2 Å². The zero-order chi connectivity index (χ0) is 13.7. The lowest BCUT2D eigenvalue weighted by Gasteiger charge is -2.00. The number of benzene rings is 1. The van der Waals surface area contributed by atoms with Gasteiger partial charge in [0.25, 0.3) is 0 Å². The van der Waals surface area contributed by atoms with Crippen molar-refractivity contribution in [3.8, 4) is 10.6 Å². The van der Waals surface area contributed by atoms with Crippen LogP contribution < -0.4 is 5.32 Å². The molecule has 0 fully saturated rings. The van der Waals surface area contributed by atoms with Gasteiger partial charge in [-0.3, -0.25) is 4.79 Å². The number of aromatic nitrogens is 1. The van der Waals surface area contributed by atoms with Crippen molar-refractivity contribution in [2.75, 3.05) is 6.54 Å². The Morgan fingerprint density at radius 2 is 2.11 bits per heavy atom. The van der Waals surface area contributed by atoms with E-state index in [0.29, 0.717) is 19.4 Å². The molecule has 1 aromatic heterocycles. The molecular weight excluding hydrogens is 263 g/mol. The summed E-state index contributed by atoms with van der Waals surface area (Å²) in [6, 6.07) is 6.30. The molecule has 100 valence electrons. The number of nitrogens with zero attached hydrogens (tertiary/aromatic N) is 1. The Hall–Kier alpha value is -1.75. The lowest BCUT2D eigenvalue weighted by Crippen LogP contribution is -2.24. The first-order valence-corrected chi connectivity index (χ1v) is 7.04. The number of rotatable bonds is 5. The van der Waals surface area contributed by atoms with E-state index in [9.17, 15) is 9.18 Å². The molecule has 1 heterocycles. The van der Waals surface area contributed by atoms with Crippen LogP contribution in [0.4, 0.5) is 4.39 Å². The van der Waals surface area contributed by atoms with Gasteiger partial charge in [-0.25, -0.2) is 9.37 Å². The molecule has 0 saturated heterocycles. The molecule has 0 saturated carbocycles. The fourth-order valence-corrected chi connectivity index (χ4v) is 2.46. The van der Waals surface area contributed by atoms with Crippen molar-refractivity contribution >= 4 is 17.2 Å². The second-order valence-electron chi connectivity index (χ2n) is 4.10. The van der Waals surface area contributed by atoms with Crippen LogP contribution in [0, 0.1) is 5.82 Å². The number of amides is 1. The van der Waals surface area contributed by atoms with E-state index in [2.05, 4.69) is 10.3 Å². The molecule has 0 aliphatic carbocycles. The zero-order valence-corrected chi connectivity index (χ0v) is 11.5. The quantitative estimate of drug-likeness (QED) is 0.913. The number of carbonyl (C=O) groups is 1. The van der Waals surface area contributed by atoms with Crippen molar-refractivity contribution in [2.24, 2.45) is 0 Å². The van der Waals surface area contributed by atoms with Crippen LogP contribution in [-0.4, -0.2) is 17.4 Å². The second-order valence-corrected chi connectivity index (χ2v) is 4.96. The van der Waals surface area contributed by atoms with Crippen molar-refractivity contribution < 1.29 is 9.18 Å². The van der Waals surface area contributed by atoms with Crippen LogP contribution in [-0.2, 0) is 11.2 Å². The van der Waals surface area contributed by atoms with Crippen molar-refractivity contribution in [3.63, 3.8) is 0 Å². The summed E-state index contributed by atoms with van der Waals surface area (Å²) < 4.78 is 12.8. The molecule has 2 aromatic rings. The summed E-state index contributed by atoms with van der Waals surface area (Å²) in [5.74, 6) is -0.197. The van der Waals surface area contributed by atoms with Gasteiger partial charge < -0.3 is 5.32 Å². The van der Waals surface area contributed by atoms with E-state index in [1.807, 2.05) is 12.3 Å². The molecule has 0 aliphatic heterocycles. The van der Waals surface area contributed by atoms with Crippen LogP contribution in [0.3, 0.4) is 0 Å². The highest BCUT2D eigenvalue weighted by Crippen LogP contribution is 2.23. The summed E-state index contributed by atoms with van der Waals surface area (Å²) in [6.07, 6.45) is 1.21. The molecule has 0 atom stereocenters. The summed E-state index contributed by atoms with van der Waals surface area (Å²) in [5, 5.41) is 5.65. The van der Waals surface area contributed by atoms with E-state index in [1.165, 1.54) is 23.5 Å². The SMILES string of the molecule is CCC(=O)NCCc1csc(-c2ccc(F)cc2)n1. The molecular formula is C14H15FN2OS. The Labute approximate surface area is 115 Å². The van der Waals surface area contributed by atoms with E-state index in [1.54, 1.807) is 12.1 Å². The minimum atomic E-state index is -0.247. The molecule has 0 radical (unpaired) electrons. The van der Waals surface area contributed by atoms with E-state index in [4.69, 9.17) is 0 Å². The number of nitrogens with one attached hydrogen (secondary N) is 1. The minimum absolute atomic E-state index is 0.0500. The lowest BCUT2D eigenvalue weighted by molar-refractivity contribution is -0.120. The maximum atomic E-state index is 12.8. The topological polar surface area (TPSA) is 42.0 Å². The third-order valence-electron chi connectivity index (χ3n) is 2.67. The molecule has 0 bridgehead atoms. The van der Waals surface area contributed by atoms with Gasteiger partial charge in [0.1, 0.15) is 10.8 Å². The van der Waals surface area contributed by atoms with Gasteiger partial charge in [0.15, 0.2) is 0 Å². The summed E-state index contributed by atoms with van der Waals surface area (Å²) in [5.41, 5.74) is 1.86. The van der Waals surface area contributed by atoms with Gasteiger partial charge in [-0.15, -0.1) is 11.3 Å². The molecule has 5 heteroatoms. The van der Waals surface area contributed by atoms with Crippen LogP contribution in [0.5, 0.6) is 0 Å². The number of halogens is 1.